The fourth-order valence-corrected chi connectivity index (χ4v) is 2.79. The van der Waals surface area contributed by atoms with Gasteiger partial charge in [-0.1, -0.05) is 32.6 Å². The van der Waals surface area contributed by atoms with Crippen molar-refractivity contribution in [2.75, 3.05) is 13.1 Å². The summed E-state index contributed by atoms with van der Waals surface area (Å²) in [5.41, 5.74) is 0.204. The molecule has 1 atom stereocenters. The second kappa shape index (κ2) is 4.63. The van der Waals surface area contributed by atoms with Gasteiger partial charge in [-0.25, -0.2) is 0 Å². The number of hydrogen-bond donors (Lipinski definition) is 1. The highest BCUT2D eigenvalue weighted by atomic mass is 16.5. The van der Waals surface area contributed by atoms with Crippen LogP contribution in [0.25, 0.3) is 0 Å². The Morgan fingerprint density at radius 1 is 1.21 bits per heavy atom. The number of ether oxygens (including phenoxy) is 1. The predicted molar refractivity (Wildman–Crippen MR) is 58.5 cm³/mol. The standard InChI is InChI=1S/C12H23NO/c1-2-11-9-13-10-12(14-11)7-5-3-4-6-8-12/h11,13H,2-10H2,1H3. The summed E-state index contributed by atoms with van der Waals surface area (Å²) in [5, 5.41) is 3.55. The van der Waals surface area contributed by atoms with Crippen molar-refractivity contribution in [1.29, 1.82) is 0 Å². The van der Waals surface area contributed by atoms with Gasteiger partial charge in [0.05, 0.1) is 11.7 Å². The molecule has 0 radical (unpaired) electrons. The highest BCUT2D eigenvalue weighted by Gasteiger charge is 2.36. The number of morpholine rings is 1. The van der Waals surface area contributed by atoms with Crippen molar-refractivity contribution >= 4 is 0 Å². The third-order valence-corrected chi connectivity index (χ3v) is 3.71. The minimum absolute atomic E-state index is 0.204. The molecular weight excluding hydrogens is 174 g/mol. The molecule has 2 aliphatic rings. The van der Waals surface area contributed by atoms with Crippen molar-refractivity contribution in [2.45, 2.75) is 63.6 Å². The van der Waals surface area contributed by atoms with Crippen LogP contribution < -0.4 is 5.32 Å². The monoisotopic (exact) mass is 197 g/mol. The fraction of sp³-hybridized carbons (Fsp3) is 1.00. The first-order valence-electron chi connectivity index (χ1n) is 6.23. The molecular formula is C12H23NO. The maximum Gasteiger partial charge on any atom is 0.0810 e. The van der Waals surface area contributed by atoms with Gasteiger partial charge in [-0.05, 0) is 19.3 Å². The number of hydrogen-bond acceptors (Lipinski definition) is 2. The zero-order chi connectivity index (χ0) is 9.86. The Hall–Kier alpha value is -0.0800. The minimum Gasteiger partial charge on any atom is -0.369 e. The molecule has 14 heavy (non-hydrogen) atoms. The summed E-state index contributed by atoms with van der Waals surface area (Å²) in [6.45, 7) is 4.36. The Morgan fingerprint density at radius 3 is 2.57 bits per heavy atom. The molecule has 1 N–H and O–H groups in total. The molecule has 82 valence electrons. The first-order chi connectivity index (χ1) is 6.85. The molecule has 0 aromatic carbocycles. The SMILES string of the molecule is CCC1CNCC2(CCCCCC2)O1. The molecule has 2 nitrogen and oxygen atoms in total. The highest BCUT2D eigenvalue weighted by Crippen LogP contribution is 2.33. The van der Waals surface area contributed by atoms with Crippen LogP contribution in [-0.2, 0) is 4.74 Å². The van der Waals surface area contributed by atoms with Gasteiger partial charge < -0.3 is 10.1 Å². The summed E-state index contributed by atoms with van der Waals surface area (Å²) in [7, 11) is 0. The van der Waals surface area contributed by atoms with Crippen LogP contribution in [0.3, 0.4) is 0 Å². The van der Waals surface area contributed by atoms with Crippen molar-refractivity contribution in [3.8, 4) is 0 Å². The third-order valence-electron chi connectivity index (χ3n) is 3.71. The molecule has 1 unspecified atom stereocenters. The lowest BCUT2D eigenvalue weighted by Gasteiger charge is -2.41. The van der Waals surface area contributed by atoms with Crippen LogP contribution in [0.5, 0.6) is 0 Å². The molecule has 2 rings (SSSR count). The smallest absolute Gasteiger partial charge is 0.0810 e. The van der Waals surface area contributed by atoms with Crippen LogP contribution in [0.1, 0.15) is 51.9 Å². The molecule has 1 heterocycles. The maximum atomic E-state index is 6.28. The van der Waals surface area contributed by atoms with E-state index in [-0.39, 0.29) is 5.60 Å². The molecule has 1 spiro atoms. The minimum atomic E-state index is 0.204. The molecule has 0 aromatic rings. The van der Waals surface area contributed by atoms with Gasteiger partial charge in [-0.3, -0.25) is 0 Å². The second-order valence-electron chi connectivity index (χ2n) is 4.88. The van der Waals surface area contributed by atoms with Gasteiger partial charge in [0.25, 0.3) is 0 Å². The van der Waals surface area contributed by atoms with E-state index in [1.165, 1.54) is 38.5 Å². The molecule has 0 aromatic heterocycles. The summed E-state index contributed by atoms with van der Waals surface area (Å²) >= 11 is 0. The summed E-state index contributed by atoms with van der Waals surface area (Å²) in [5.74, 6) is 0. The van der Waals surface area contributed by atoms with E-state index in [1.54, 1.807) is 0 Å². The zero-order valence-electron chi connectivity index (χ0n) is 9.35. The molecule has 1 saturated carbocycles. The average Bonchev–Trinajstić information content (AvgIpc) is 2.44. The van der Waals surface area contributed by atoms with Crippen molar-refractivity contribution in [3.63, 3.8) is 0 Å². The van der Waals surface area contributed by atoms with E-state index in [0.717, 1.165) is 19.5 Å². The van der Waals surface area contributed by atoms with Crippen molar-refractivity contribution in [3.05, 3.63) is 0 Å². The van der Waals surface area contributed by atoms with Crippen LogP contribution >= 0.6 is 0 Å². The van der Waals surface area contributed by atoms with E-state index in [4.69, 9.17) is 4.74 Å². The van der Waals surface area contributed by atoms with Gasteiger partial charge in [0.1, 0.15) is 0 Å². The van der Waals surface area contributed by atoms with Gasteiger partial charge >= 0.3 is 0 Å². The number of rotatable bonds is 1. The average molecular weight is 197 g/mol. The molecule has 0 bridgehead atoms. The third kappa shape index (κ3) is 2.29. The highest BCUT2D eigenvalue weighted by molar-refractivity contribution is 4.90. The van der Waals surface area contributed by atoms with Gasteiger partial charge in [0.2, 0.25) is 0 Å². The van der Waals surface area contributed by atoms with E-state index in [2.05, 4.69) is 12.2 Å². The molecule has 1 aliphatic carbocycles. The summed E-state index contributed by atoms with van der Waals surface area (Å²) in [6, 6.07) is 0. The molecule has 2 fully saturated rings. The Labute approximate surface area is 87.4 Å². The largest absolute Gasteiger partial charge is 0.369 e. The van der Waals surface area contributed by atoms with Crippen LogP contribution in [-0.4, -0.2) is 24.8 Å². The quantitative estimate of drug-likeness (QED) is 0.697. The number of nitrogens with one attached hydrogen (secondary N) is 1. The van der Waals surface area contributed by atoms with E-state index in [9.17, 15) is 0 Å². The fourth-order valence-electron chi connectivity index (χ4n) is 2.79. The first kappa shape index (κ1) is 10.4. The molecule has 1 aliphatic heterocycles. The van der Waals surface area contributed by atoms with Crippen molar-refractivity contribution in [2.24, 2.45) is 0 Å². The lowest BCUT2D eigenvalue weighted by atomic mass is 9.92. The second-order valence-corrected chi connectivity index (χ2v) is 4.88. The van der Waals surface area contributed by atoms with Crippen LogP contribution in [0, 0.1) is 0 Å². The van der Waals surface area contributed by atoms with E-state index < -0.39 is 0 Å². The Bertz CT molecular complexity index is 173. The lowest BCUT2D eigenvalue weighted by Crippen LogP contribution is -2.53. The summed E-state index contributed by atoms with van der Waals surface area (Å²) in [6.07, 6.45) is 9.68. The Balaban J connectivity index is 1.97. The van der Waals surface area contributed by atoms with Gasteiger partial charge in [-0.2, -0.15) is 0 Å². The van der Waals surface area contributed by atoms with Gasteiger partial charge in [0, 0.05) is 13.1 Å². The predicted octanol–water partition coefficient (Wildman–Crippen LogP) is 2.48. The van der Waals surface area contributed by atoms with E-state index in [0.29, 0.717) is 6.10 Å². The van der Waals surface area contributed by atoms with E-state index >= 15 is 0 Å². The lowest BCUT2D eigenvalue weighted by molar-refractivity contribution is -0.124. The zero-order valence-corrected chi connectivity index (χ0v) is 9.35. The molecule has 0 amide bonds. The van der Waals surface area contributed by atoms with E-state index in [1.807, 2.05) is 0 Å². The Morgan fingerprint density at radius 2 is 1.93 bits per heavy atom. The summed E-state index contributed by atoms with van der Waals surface area (Å²) in [4.78, 5) is 0. The molecule has 2 heteroatoms. The topological polar surface area (TPSA) is 21.3 Å². The maximum absolute atomic E-state index is 6.28. The van der Waals surface area contributed by atoms with Gasteiger partial charge in [-0.15, -0.1) is 0 Å². The van der Waals surface area contributed by atoms with Crippen molar-refractivity contribution < 1.29 is 4.74 Å². The van der Waals surface area contributed by atoms with Crippen LogP contribution in [0.4, 0.5) is 0 Å². The van der Waals surface area contributed by atoms with Crippen LogP contribution in [0.15, 0.2) is 0 Å². The van der Waals surface area contributed by atoms with Crippen LogP contribution in [0.2, 0.25) is 0 Å². The van der Waals surface area contributed by atoms with Crippen molar-refractivity contribution in [1.82, 2.24) is 5.32 Å². The Kier molecular flexibility index (Phi) is 3.45. The normalized spacial score (nSPS) is 32.8. The van der Waals surface area contributed by atoms with Gasteiger partial charge in [0.15, 0.2) is 0 Å². The summed E-state index contributed by atoms with van der Waals surface area (Å²) < 4.78 is 6.28. The molecule has 1 saturated heterocycles. The first-order valence-corrected chi connectivity index (χ1v) is 6.23.